The van der Waals surface area contributed by atoms with Crippen molar-refractivity contribution in [2.75, 3.05) is 12.4 Å². The summed E-state index contributed by atoms with van der Waals surface area (Å²) in [5.74, 6) is 0.255. The molecule has 1 N–H and O–H groups in total. The molecule has 1 amide bonds. The van der Waals surface area contributed by atoms with Crippen LogP contribution in [0, 0.1) is 10.1 Å². The zero-order valence-electron chi connectivity index (χ0n) is 13.5. The van der Waals surface area contributed by atoms with Crippen LogP contribution in [0.15, 0.2) is 42.0 Å². The van der Waals surface area contributed by atoms with Gasteiger partial charge >= 0.3 is 5.69 Å². The number of rotatable bonds is 6. The van der Waals surface area contributed by atoms with Gasteiger partial charge in [0.2, 0.25) is 0 Å². The number of hydrogen-bond donors (Lipinski definition) is 1. The van der Waals surface area contributed by atoms with E-state index in [1.165, 1.54) is 35.5 Å². The third-order valence-electron chi connectivity index (χ3n) is 3.46. The van der Waals surface area contributed by atoms with E-state index in [1.807, 2.05) is 5.38 Å². The topological polar surface area (TPSA) is 99.3 Å². The Morgan fingerprint density at radius 3 is 2.92 bits per heavy atom. The molecule has 3 aromatic rings. The number of benzene rings is 1. The van der Waals surface area contributed by atoms with Gasteiger partial charge in [-0.3, -0.25) is 19.6 Å². The Kier molecular flexibility index (Phi) is 5.19. The summed E-state index contributed by atoms with van der Waals surface area (Å²) < 4.78 is 6.52. The van der Waals surface area contributed by atoms with Crippen molar-refractivity contribution in [2.45, 2.75) is 6.54 Å². The molecule has 0 aliphatic rings. The number of hydrogen-bond acceptors (Lipinski definition) is 6. The number of carbonyl (C=O) groups is 1. The Labute approximate surface area is 157 Å². The van der Waals surface area contributed by atoms with E-state index < -0.39 is 4.92 Å². The van der Waals surface area contributed by atoms with E-state index >= 15 is 0 Å². The Balaban J connectivity index is 1.67. The van der Waals surface area contributed by atoms with Crippen LogP contribution in [0.3, 0.4) is 0 Å². The van der Waals surface area contributed by atoms with Gasteiger partial charge in [-0.15, -0.1) is 11.3 Å². The van der Waals surface area contributed by atoms with Crippen LogP contribution in [-0.4, -0.2) is 27.7 Å². The molecule has 0 radical (unpaired) electrons. The highest BCUT2D eigenvalue weighted by Gasteiger charge is 2.13. The Hall–Kier alpha value is -2.91. The predicted molar refractivity (Wildman–Crippen MR) is 98.3 cm³/mol. The lowest BCUT2D eigenvalue weighted by atomic mass is 10.2. The van der Waals surface area contributed by atoms with Gasteiger partial charge in [0.05, 0.1) is 28.5 Å². The maximum Gasteiger partial charge on any atom is 0.307 e. The van der Waals surface area contributed by atoms with Crippen molar-refractivity contribution >= 4 is 40.2 Å². The minimum Gasteiger partial charge on any atom is -0.495 e. The highest BCUT2D eigenvalue weighted by atomic mass is 35.5. The van der Waals surface area contributed by atoms with Crippen LogP contribution in [-0.2, 0) is 6.54 Å². The number of aromatic nitrogens is 2. The number of carbonyl (C=O) groups excluding carboxylic acids is 1. The third-order valence-corrected chi connectivity index (χ3v) is 4.74. The van der Waals surface area contributed by atoms with Gasteiger partial charge in [0.1, 0.15) is 18.1 Å². The summed E-state index contributed by atoms with van der Waals surface area (Å²) in [5, 5.41) is 19.6. The van der Waals surface area contributed by atoms with Crippen molar-refractivity contribution in [2.24, 2.45) is 0 Å². The molecule has 10 heteroatoms. The molecule has 2 heterocycles. The molecule has 0 saturated heterocycles. The van der Waals surface area contributed by atoms with Gasteiger partial charge in [0.25, 0.3) is 5.91 Å². The first-order valence-corrected chi connectivity index (χ1v) is 8.61. The summed E-state index contributed by atoms with van der Waals surface area (Å²) in [5.41, 5.74) is 1.30. The van der Waals surface area contributed by atoms with Crippen molar-refractivity contribution < 1.29 is 14.5 Å². The minimum atomic E-state index is -0.504. The average Bonchev–Trinajstić information content (AvgIpc) is 3.25. The fourth-order valence-electron chi connectivity index (χ4n) is 2.23. The molecular formula is C16H13ClN4O4S. The Morgan fingerprint density at radius 1 is 1.46 bits per heavy atom. The largest absolute Gasteiger partial charge is 0.495 e. The summed E-state index contributed by atoms with van der Waals surface area (Å²) in [6.45, 7) is 0.339. The molecule has 1 aromatic carbocycles. The van der Waals surface area contributed by atoms with E-state index in [0.717, 1.165) is 5.56 Å². The molecule has 0 aliphatic carbocycles. The summed E-state index contributed by atoms with van der Waals surface area (Å²) in [7, 11) is 1.51. The molecule has 0 aliphatic heterocycles. The van der Waals surface area contributed by atoms with Gasteiger partial charge in [-0.1, -0.05) is 11.6 Å². The van der Waals surface area contributed by atoms with Crippen molar-refractivity contribution in [1.29, 1.82) is 0 Å². The quantitative estimate of drug-likeness (QED) is 0.507. The zero-order valence-corrected chi connectivity index (χ0v) is 15.1. The normalized spacial score (nSPS) is 10.5. The number of methoxy groups -OCH3 is 1. The van der Waals surface area contributed by atoms with Crippen molar-refractivity contribution in [3.05, 3.63) is 67.6 Å². The second kappa shape index (κ2) is 7.54. The molecule has 0 atom stereocenters. The summed E-state index contributed by atoms with van der Waals surface area (Å²) in [6.07, 6.45) is 2.53. The van der Waals surface area contributed by atoms with Crippen LogP contribution in [0.4, 0.5) is 11.4 Å². The molecule has 8 nitrogen and oxygen atoms in total. The lowest BCUT2D eigenvalue weighted by Gasteiger charge is -2.07. The fraction of sp³-hybridized carbons (Fsp3) is 0.125. The van der Waals surface area contributed by atoms with E-state index in [4.69, 9.17) is 16.3 Å². The molecule has 2 aromatic heterocycles. The zero-order chi connectivity index (χ0) is 18.7. The summed E-state index contributed by atoms with van der Waals surface area (Å²) in [4.78, 5) is 23.0. The number of anilines is 1. The minimum absolute atomic E-state index is 0.0745. The molecule has 0 saturated carbocycles. The van der Waals surface area contributed by atoms with Gasteiger partial charge in [-0.2, -0.15) is 5.10 Å². The average molecular weight is 393 g/mol. The van der Waals surface area contributed by atoms with Gasteiger partial charge in [0.15, 0.2) is 0 Å². The molecule has 3 rings (SSSR count). The van der Waals surface area contributed by atoms with Crippen LogP contribution in [0.1, 0.15) is 15.2 Å². The highest BCUT2D eigenvalue weighted by Crippen LogP contribution is 2.28. The maximum absolute atomic E-state index is 12.4. The number of amides is 1. The van der Waals surface area contributed by atoms with E-state index in [-0.39, 0.29) is 11.6 Å². The monoisotopic (exact) mass is 392 g/mol. The lowest BCUT2D eigenvalue weighted by Crippen LogP contribution is -2.10. The van der Waals surface area contributed by atoms with Gasteiger partial charge < -0.3 is 10.1 Å². The smallest absolute Gasteiger partial charge is 0.307 e. The number of nitrogens with one attached hydrogen (secondary N) is 1. The van der Waals surface area contributed by atoms with Crippen LogP contribution in [0.5, 0.6) is 5.75 Å². The van der Waals surface area contributed by atoms with Gasteiger partial charge in [-0.25, -0.2) is 0 Å². The molecule has 26 heavy (non-hydrogen) atoms. The Morgan fingerprint density at radius 2 is 2.27 bits per heavy atom. The standard InChI is InChI=1S/C16H13ClN4O4S/c1-25-14-3-2-11(5-13(14)17)19-16(22)15-4-10(9-26-15)7-20-8-12(6-18-20)21(23)24/h2-6,8-9H,7H2,1H3,(H,19,22). The van der Waals surface area contributed by atoms with Crippen molar-refractivity contribution in [1.82, 2.24) is 9.78 Å². The second-order valence-corrected chi connectivity index (χ2v) is 6.59. The van der Waals surface area contributed by atoms with Crippen LogP contribution in [0.25, 0.3) is 0 Å². The van der Waals surface area contributed by atoms with Crippen LogP contribution >= 0.6 is 22.9 Å². The fourth-order valence-corrected chi connectivity index (χ4v) is 3.29. The molecule has 0 spiro atoms. The van der Waals surface area contributed by atoms with Crippen molar-refractivity contribution in [3.8, 4) is 5.75 Å². The van der Waals surface area contributed by atoms with Crippen LogP contribution in [0.2, 0.25) is 5.02 Å². The van der Waals surface area contributed by atoms with Crippen LogP contribution < -0.4 is 10.1 Å². The molecule has 134 valence electrons. The summed E-state index contributed by atoms with van der Waals surface area (Å²) >= 11 is 7.32. The second-order valence-electron chi connectivity index (χ2n) is 5.28. The first-order chi connectivity index (χ1) is 12.5. The molecule has 0 fully saturated rings. The van der Waals surface area contributed by atoms with Gasteiger partial charge in [-0.05, 0) is 35.2 Å². The SMILES string of the molecule is COc1ccc(NC(=O)c2cc(Cn3cc([N+](=O)[O-])cn3)cs2)cc1Cl. The molecule has 0 unspecified atom stereocenters. The number of nitro groups is 1. The maximum atomic E-state index is 12.4. The van der Waals surface area contributed by atoms with E-state index in [1.54, 1.807) is 24.3 Å². The van der Waals surface area contributed by atoms with E-state index in [0.29, 0.717) is 27.9 Å². The first kappa shape index (κ1) is 17.9. The number of nitrogens with zero attached hydrogens (tertiary/aromatic N) is 3. The Bertz CT molecular complexity index is 969. The number of ether oxygens (including phenoxy) is 1. The molecular weight excluding hydrogens is 380 g/mol. The number of halogens is 1. The molecule has 0 bridgehead atoms. The van der Waals surface area contributed by atoms with E-state index in [9.17, 15) is 14.9 Å². The van der Waals surface area contributed by atoms with Gasteiger partial charge in [0, 0.05) is 5.69 Å². The first-order valence-electron chi connectivity index (χ1n) is 7.35. The van der Waals surface area contributed by atoms with E-state index in [2.05, 4.69) is 10.4 Å². The third kappa shape index (κ3) is 4.01. The highest BCUT2D eigenvalue weighted by molar-refractivity contribution is 7.12. The lowest BCUT2D eigenvalue weighted by molar-refractivity contribution is -0.385. The van der Waals surface area contributed by atoms with Crippen molar-refractivity contribution in [3.63, 3.8) is 0 Å². The number of thiophene rings is 1. The predicted octanol–water partition coefficient (Wildman–Crippen LogP) is 3.82. The summed E-state index contributed by atoms with van der Waals surface area (Å²) in [6, 6.07) is 6.69.